The van der Waals surface area contributed by atoms with Gasteiger partial charge in [-0.25, -0.2) is 14.5 Å². The molecule has 0 radical (unpaired) electrons. The number of hydrogen-bond acceptors (Lipinski definition) is 6. The SMILES string of the molecule is CCOC(=O)OC1OC=Cc2ccccc2N1C(=O)OCC. The third-order valence-electron chi connectivity index (χ3n) is 2.77. The van der Waals surface area contributed by atoms with E-state index in [-0.39, 0.29) is 13.2 Å². The number of para-hydroxylation sites is 1. The molecule has 1 aliphatic rings. The first-order chi connectivity index (χ1) is 10.7. The fourth-order valence-corrected chi connectivity index (χ4v) is 1.89. The summed E-state index contributed by atoms with van der Waals surface area (Å²) in [6.07, 6.45) is 0.0819. The van der Waals surface area contributed by atoms with Crippen LogP contribution in [0, 0.1) is 0 Å². The van der Waals surface area contributed by atoms with E-state index in [0.717, 1.165) is 10.5 Å². The summed E-state index contributed by atoms with van der Waals surface area (Å²) in [5.41, 5.74) is 1.23. The molecule has 0 fully saturated rings. The van der Waals surface area contributed by atoms with Crippen LogP contribution in [0.1, 0.15) is 19.4 Å². The van der Waals surface area contributed by atoms with Gasteiger partial charge < -0.3 is 18.9 Å². The first-order valence-electron chi connectivity index (χ1n) is 6.87. The number of carbonyl (C=O) groups is 2. The standard InChI is InChI=1S/C15H17NO6/c1-3-19-13(17)16-12-8-6-5-7-11(12)9-10-21-14(16)22-15(18)20-4-2/h5-10,14H,3-4H2,1-2H3. The summed E-state index contributed by atoms with van der Waals surface area (Å²) in [4.78, 5) is 24.9. The second-order valence-corrected chi connectivity index (χ2v) is 4.17. The van der Waals surface area contributed by atoms with Crippen molar-refractivity contribution in [2.45, 2.75) is 20.3 Å². The van der Waals surface area contributed by atoms with Crippen LogP contribution in [0.15, 0.2) is 30.5 Å². The Kier molecular flexibility index (Phi) is 5.24. The van der Waals surface area contributed by atoms with Gasteiger partial charge in [-0.15, -0.1) is 0 Å². The fourth-order valence-electron chi connectivity index (χ4n) is 1.89. The number of hydrogen-bond donors (Lipinski definition) is 0. The quantitative estimate of drug-likeness (QED) is 0.799. The molecule has 1 aromatic rings. The summed E-state index contributed by atoms with van der Waals surface area (Å²) in [5.74, 6) is 0. The average Bonchev–Trinajstić information content (AvgIpc) is 2.66. The van der Waals surface area contributed by atoms with Crippen LogP contribution in [0.4, 0.5) is 15.3 Å². The largest absolute Gasteiger partial charge is 0.512 e. The number of benzene rings is 1. The van der Waals surface area contributed by atoms with Crippen LogP contribution in [0.3, 0.4) is 0 Å². The monoisotopic (exact) mass is 307 g/mol. The van der Waals surface area contributed by atoms with Gasteiger partial charge in [-0.3, -0.25) is 0 Å². The Morgan fingerprint density at radius 3 is 2.64 bits per heavy atom. The highest BCUT2D eigenvalue weighted by Crippen LogP contribution is 2.28. The minimum absolute atomic E-state index is 0.150. The zero-order valence-corrected chi connectivity index (χ0v) is 12.4. The van der Waals surface area contributed by atoms with Crippen molar-refractivity contribution in [2.24, 2.45) is 0 Å². The van der Waals surface area contributed by atoms with Crippen molar-refractivity contribution in [3.05, 3.63) is 36.1 Å². The third kappa shape index (κ3) is 3.49. The van der Waals surface area contributed by atoms with Crippen molar-refractivity contribution < 1.29 is 28.5 Å². The molecule has 0 saturated carbocycles. The Bertz CT molecular complexity index is 571. The van der Waals surface area contributed by atoms with Gasteiger partial charge in [-0.05, 0) is 26.0 Å². The highest BCUT2D eigenvalue weighted by Gasteiger charge is 2.33. The lowest BCUT2D eigenvalue weighted by molar-refractivity contribution is -0.0832. The lowest BCUT2D eigenvalue weighted by Gasteiger charge is -2.28. The minimum atomic E-state index is -1.31. The first kappa shape index (κ1) is 15.7. The molecule has 1 atom stereocenters. The number of anilines is 1. The van der Waals surface area contributed by atoms with Crippen LogP contribution < -0.4 is 4.90 Å². The molecule has 0 spiro atoms. The fraction of sp³-hybridized carbons (Fsp3) is 0.333. The number of fused-ring (bicyclic) bond motifs is 1. The summed E-state index contributed by atoms with van der Waals surface area (Å²) in [6.45, 7) is 3.66. The summed E-state index contributed by atoms with van der Waals surface area (Å²) in [5, 5.41) is 0. The van der Waals surface area contributed by atoms with Crippen LogP contribution in [0.5, 0.6) is 0 Å². The van der Waals surface area contributed by atoms with Crippen LogP contribution in [-0.4, -0.2) is 31.9 Å². The Balaban J connectivity index is 2.33. The van der Waals surface area contributed by atoms with Crippen LogP contribution in [0.2, 0.25) is 0 Å². The van der Waals surface area contributed by atoms with Gasteiger partial charge in [0.15, 0.2) is 0 Å². The van der Waals surface area contributed by atoms with E-state index in [2.05, 4.69) is 0 Å². The lowest BCUT2D eigenvalue weighted by atomic mass is 10.1. The topological polar surface area (TPSA) is 74.3 Å². The van der Waals surface area contributed by atoms with Crippen LogP contribution in [0.25, 0.3) is 6.08 Å². The molecule has 1 aromatic carbocycles. The molecule has 2 rings (SSSR count). The molecule has 22 heavy (non-hydrogen) atoms. The number of ether oxygens (including phenoxy) is 4. The summed E-state index contributed by atoms with van der Waals surface area (Å²) < 4.78 is 20.1. The van der Waals surface area contributed by atoms with E-state index in [1.54, 1.807) is 38.1 Å². The molecule has 7 nitrogen and oxygen atoms in total. The molecule has 0 aliphatic carbocycles. The normalized spacial score (nSPS) is 16.1. The second-order valence-electron chi connectivity index (χ2n) is 4.17. The van der Waals surface area contributed by atoms with Crippen molar-refractivity contribution in [3.8, 4) is 0 Å². The Hall–Kier alpha value is -2.70. The molecule has 0 saturated heterocycles. The van der Waals surface area contributed by atoms with Gasteiger partial charge in [0.2, 0.25) is 0 Å². The van der Waals surface area contributed by atoms with E-state index >= 15 is 0 Å². The van der Waals surface area contributed by atoms with E-state index in [1.165, 1.54) is 6.26 Å². The molecular formula is C15H17NO6. The van der Waals surface area contributed by atoms with Crippen LogP contribution >= 0.6 is 0 Å². The van der Waals surface area contributed by atoms with E-state index in [4.69, 9.17) is 18.9 Å². The highest BCUT2D eigenvalue weighted by molar-refractivity contribution is 5.91. The average molecular weight is 307 g/mol. The molecule has 7 heteroatoms. The molecule has 1 amide bonds. The summed E-state index contributed by atoms with van der Waals surface area (Å²) in [7, 11) is 0. The van der Waals surface area contributed by atoms with E-state index in [9.17, 15) is 9.59 Å². The molecule has 1 aliphatic heterocycles. The number of carbonyl (C=O) groups excluding carboxylic acids is 2. The first-order valence-corrected chi connectivity index (χ1v) is 6.87. The Morgan fingerprint density at radius 1 is 1.18 bits per heavy atom. The predicted octanol–water partition coefficient (Wildman–Crippen LogP) is 3.11. The number of amides is 1. The molecular weight excluding hydrogens is 290 g/mol. The molecule has 1 unspecified atom stereocenters. The summed E-state index contributed by atoms with van der Waals surface area (Å²) in [6, 6.07) is 7.08. The van der Waals surface area contributed by atoms with Crippen molar-refractivity contribution >= 4 is 24.0 Å². The zero-order chi connectivity index (χ0) is 15.9. The maximum Gasteiger partial charge on any atom is 0.512 e. The van der Waals surface area contributed by atoms with E-state index in [1.807, 2.05) is 6.07 Å². The minimum Gasteiger partial charge on any atom is -0.449 e. The number of nitrogens with zero attached hydrogens (tertiary/aromatic N) is 1. The van der Waals surface area contributed by atoms with E-state index in [0.29, 0.717) is 5.69 Å². The van der Waals surface area contributed by atoms with Crippen LogP contribution in [-0.2, 0) is 18.9 Å². The molecule has 0 aromatic heterocycles. The van der Waals surface area contributed by atoms with Crippen molar-refractivity contribution in [1.29, 1.82) is 0 Å². The van der Waals surface area contributed by atoms with Gasteiger partial charge in [0.1, 0.15) is 0 Å². The van der Waals surface area contributed by atoms with Gasteiger partial charge in [0.05, 0.1) is 25.2 Å². The Morgan fingerprint density at radius 2 is 1.91 bits per heavy atom. The van der Waals surface area contributed by atoms with Gasteiger partial charge in [-0.1, -0.05) is 18.2 Å². The molecule has 0 N–H and O–H groups in total. The van der Waals surface area contributed by atoms with E-state index < -0.39 is 18.7 Å². The number of rotatable bonds is 3. The smallest absolute Gasteiger partial charge is 0.449 e. The predicted molar refractivity (Wildman–Crippen MR) is 78.0 cm³/mol. The molecule has 1 heterocycles. The van der Waals surface area contributed by atoms with Gasteiger partial charge in [-0.2, -0.15) is 0 Å². The lowest BCUT2D eigenvalue weighted by Crippen LogP contribution is -2.44. The zero-order valence-electron chi connectivity index (χ0n) is 12.4. The van der Waals surface area contributed by atoms with Crippen molar-refractivity contribution in [1.82, 2.24) is 0 Å². The maximum atomic E-state index is 12.2. The van der Waals surface area contributed by atoms with Crippen molar-refractivity contribution in [3.63, 3.8) is 0 Å². The maximum absolute atomic E-state index is 12.2. The second kappa shape index (κ2) is 7.35. The highest BCUT2D eigenvalue weighted by atomic mass is 16.8. The molecule has 118 valence electrons. The third-order valence-corrected chi connectivity index (χ3v) is 2.77. The molecule has 0 bridgehead atoms. The summed E-state index contributed by atoms with van der Waals surface area (Å²) >= 11 is 0. The van der Waals surface area contributed by atoms with Crippen molar-refractivity contribution in [2.75, 3.05) is 18.1 Å². The van der Waals surface area contributed by atoms with Gasteiger partial charge in [0.25, 0.3) is 0 Å². The van der Waals surface area contributed by atoms with Gasteiger partial charge >= 0.3 is 18.7 Å². The van der Waals surface area contributed by atoms with Gasteiger partial charge in [0, 0.05) is 5.56 Å². The Labute approximate surface area is 128 Å².